The van der Waals surface area contributed by atoms with E-state index in [4.69, 9.17) is 0 Å². The lowest BCUT2D eigenvalue weighted by Crippen LogP contribution is -2.50. The van der Waals surface area contributed by atoms with Gasteiger partial charge in [0.15, 0.2) is 0 Å². The average Bonchev–Trinajstić information content (AvgIpc) is 2.45. The highest BCUT2D eigenvalue weighted by molar-refractivity contribution is 7.99. The van der Waals surface area contributed by atoms with Crippen molar-refractivity contribution in [2.45, 2.75) is 6.92 Å². The molecule has 0 aromatic heterocycles. The number of amides is 1. The van der Waals surface area contributed by atoms with Crippen LogP contribution in [-0.4, -0.2) is 80.5 Å². The van der Waals surface area contributed by atoms with Crippen molar-refractivity contribution in [1.29, 1.82) is 0 Å². The fourth-order valence-electron chi connectivity index (χ4n) is 1.95. The van der Waals surface area contributed by atoms with Crippen LogP contribution in [0, 0.1) is 5.92 Å². The van der Waals surface area contributed by atoms with Gasteiger partial charge in [0.25, 0.3) is 0 Å². The Bertz CT molecular complexity index is 472. The lowest BCUT2D eigenvalue weighted by Gasteiger charge is -2.33. The first-order valence-electron chi connectivity index (χ1n) is 6.64. The van der Waals surface area contributed by atoms with E-state index in [0.29, 0.717) is 37.7 Å². The molecule has 0 aliphatic carbocycles. The molecule has 122 valence electrons. The van der Waals surface area contributed by atoms with Crippen molar-refractivity contribution < 1.29 is 22.7 Å². The topological polar surface area (TPSA) is 84.0 Å². The lowest BCUT2D eigenvalue weighted by molar-refractivity contribution is -0.144. The zero-order chi connectivity index (χ0) is 16.0. The Morgan fingerprint density at radius 3 is 2.29 bits per heavy atom. The first kappa shape index (κ1) is 18.2. The molecule has 0 aromatic rings. The van der Waals surface area contributed by atoms with Crippen LogP contribution in [0.15, 0.2) is 0 Å². The van der Waals surface area contributed by atoms with E-state index in [1.807, 2.05) is 0 Å². The number of nitrogens with zero attached hydrogens (tertiary/aromatic N) is 2. The summed E-state index contributed by atoms with van der Waals surface area (Å²) in [5, 5.41) is 0. The summed E-state index contributed by atoms with van der Waals surface area (Å²) in [4.78, 5) is 24.9. The largest absolute Gasteiger partial charge is 0.469 e. The molecule has 0 N–H and O–H groups in total. The maximum atomic E-state index is 12.0. The summed E-state index contributed by atoms with van der Waals surface area (Å²) in [6, 6.07) is 0. The number of methoxy groups -OCH3 is 1. The van der Waals surface area contributed by atoms with Gasteiger partial charge >= 0.3 is 5.97 Å². The van der Waals surface area contributed by atoms with Crippen molar-refractivity contribution in [1.82, 2.24) is 9.21 Å². The van der Waals surface area contributed by atoms with Gasteiger partial charge in [-0.25, -0.2) is 8.42 Å². The Kier molecular flexibility index (Phi) is 6.95. The number of thioether (sulfide) groups is 1. The molecule has 0 bridgehead atoms. The highest BCUT2D eigenvalue weighted by Crippen LogP contribution is 2.12. The van der Waals surface area contributed by atoms with Gasteiger partial charge < -0.3 is 9.64 Å². The van der Waals surface area contributed by atoms with Gasteiger partial charge in [0.1, 0.15) is 0 Å². The van der Waals surface area contributed by atoms with Crippen LogP contribution in [-0.2, 0) is 24.3 Å². The summed E-state index contributed by atoms with van der Waals surface area (Å²) >= 11 is 1.39. The molecule has 1 fully saturated rings. The number of rotatable bonds is 6. The molecule has 0 spiro atoms. The third-order valence-electron chi connectivity index (χ3n) is 3.26. The van der Waals surface area contributed by atoms with E-state index >= 15 is 0 Å². The van der Waals surface area contributed by atoms with Crippen molar-refractivity contribution in [3.8, 4) is 0 Å². The third-order valence-corrected chi connectivity index (χ3v) is 5.75. The van der Waals surface area contributed by atoms with E-state index in [9.17, 15) is 18.0 Å². The van der Waals surface area contributed by atoms with Crippen LogP contribution in [0.2, 0.25) is 0 Å². The normalized spacial score (nSPS) is 18.3. The van der Waals surface area contributed by atoms with Crippen molar-refractivity contribution in [2.24, 2.45) is 5.92 Å². The van der Waals surface area contributed by atoms with E-state index in [2.05, 4.69) is 4.74 Å². The van der Waals surface area contributed by atoms with Gasteiger partial charge in [-0.2, -0.15) is 16.1 Å². The second-order valence-electron chi connectivity index (χ2n) is 4.98. The molecule has 0 radical (unpaired) electrons. The van der Waals surface area contributed by atoms with Gasteiger partial charge in [-0.05, 0) is 0 Å². The number of carbonyl (C=O) groups excluding carboxylic acids is 2. The highest BCUT2D eigenvalue weighted by atomic mass is 32.2. The van der Waals surface area contributed by atoms with Crippen molar-refractivity contribution >= 4 is 33.7 Å². The molecule has 1 unspecified atom stereocenters. The predicted molar refractivity (Wildman–Crippen MR) is 81.5 cm³/mol. The Balaban J connectivity index is 2.30. The molecule has 1 rings (SSSR count). The number of hydrogen-bond acceptors (Lipinski definition) is 6. The van der Waals surface area contributed by atoms with Gasteiger partial charge in [-0.1, -0.05) is 6.92 Å². The molecule has 7 nitrogen and oxygen atoms in total. The van der Waals surface area contributed by atoms with Gasteiger partial charge in [0.2, 0.25) is 15.9 Å². The third kappa shape index (κ3) is 5.84. The van der Waals surface area contributed by atoms with E-state index in [0.717, 1.165) is 0 Å². The minimum absolute atomic E-state index is 0.0229. The first-order valence-corrected chi connectivity index (χ1v) is 9.64. The molecule has 1 atom stereocenters. The second kappa shape index (κ2) is 8.00. The zero-order valence-electron chi connectivity index (χ0n) is 12.6. The van der Waals surface area contributed by atoms with E-state index in [-0.39, 0.29) is 17.8 Å². The molecule has 1 saturated heterocycles. The molecule has 0 saturated carbocycles. The zero-order valence-corrected chi connectivity index (χ0v) is 14.2. The standard InChI is InChI=1S/C12H22N2O5S2/c1-10(12(16)19-2)8-20-9-11(15)13-4-6-14(7-5-13)21(3,17)18/h10H,4-9H2,1-3H3. The van der Waals surface area contributed by atoms with Gasteiger partial charge in [-0.3, -0.25) is 9.59 Å². The van der Waals surface area contributed by atoms with Crippen LogP contribution < -0.4 is 0 Å². The Morgan fingerprint density at radius 1 is 1.24 bits per heavy atom. The van der Waals surface area contributed by atoms with Crippen LogP contribution in [0.25, 0.3) is 0 Å². The van der Waals surface area contributed by atoms with E-state index in [1.165, 1.54) is 29.4 Å². The smallest absolute Gasteiger partial charge is 0.309 e. The fourth-order valence-corrected chi connectivity index (χ4v) is 3.74. The van der Waals surface area contributed by atoms with Crippen LogP contribution in [0.1, 0.15) is 6.92 Å². The van der Waals surface area contributed by atoms with Crippen molar-refractivity contribution in [2.75, 3.05) is 51.1 Å². The van der Waals surface area contributed by atoms with Gasteiger partial charge in [0.05, 0.1) is 25.0 Å². The average molecular weight is 338 g/mol. The van der Waals surface area contributed by atoms with Crippen LogP contribution in [0.3, 0.4) is 0 Å². The van der Waals surface area contributed by atoms with Crippen LogP contribution in [0.4, 0.5) is 0 Å². The Labute approximate surface area is 130 Å². The lowest BCUT2D eigenvalue weighted by atomic mass is 10.2. The minimum atomic E-state index is -3.18. The Hall–Kier alpha value is -0.800. The van der Waals surface area contributed by atoms with Crippen LogP contribution in [0.5, 0.6) is 0 Å². The molecular formula is C12H22N2O5S2. The molecule has 9 heteroatoms. The molecule has 1 amide bonds. The quantitative estimate of drug-likeness (QED) is 0.615. The van der Waals surface area contributed by atoms with E-state index in [1.54, 1.807) is 11.8 Å². The van der Waals surface area contributed by atoms with Crippen LogP contribution >= 0.6 is 11.8 Å². The number of piperazine rings is 1. The maximum Gasteiger partial charge on any atom is 0.309 e. The van der Waals surface area contributed by atoms with Gasteiger partial charge in [-0.15, -0.1) is 0 Å². The first-order chi connectivity index (χ1) is 9.75. The van der Waals surface area contributed by atoms with E-state index < -0.39 is 10.0 Å². The number of ether oxygens (including phenoxy) is 1. The SMILES string of the molecule is COC(=O)C(C)CSCC(=O)N1CCN(S(C)(=O)=O)CC1. The van der Waals surface area contributed by atoms with Crippen molar-refractivity contribution in [3.63, 3.8) is 0 Å². The van der Waals surface area contributed by atoms with Gasteiger partial charge in [0, 0.05) is 31.9 Å². The van der Waals surface area contributed by atoms with Crippen molar-refractivity contribution in [3.05, 3.63) is 0 Å². The molecule has 21 heavy (non-hydrogen) atoms. The number of sulfonamides is 1. The fraction of sp³-hybridized carbons (Fsp3) is 0.833. The predicted octanol–water partition coefficient (Wildman–Crippen LogP) is -0.367. The summed E-state index contributed by atoms with van der Waals surface area (Å²) < 4.78 is 28.8. The summed E-state index contributed by atoms with van der Waals surface area (Å²) in [5.74, 6) is 0.277. The highest BCUT2D eigenvalue weighted by Gasteiger charge is 2.26. The number of hydrogen-bond donors (Lipinski definition) is 0. The monoisotopic (exact) mass is 338 g/mol. The molecule has 1 aliphatic rings. The molecule has 1 heterocycles. The molecular weight excluding hydrogens is 316 g/mol. The molecule has 0 aromatic carbocycles. The summed E-state index contributed by atoms with van der Waals surface area (Å²) in [5.41, 5.74) is 0. The second-order valence-corrected chi connectivity index (χ2v) is 7.99. The minimum Gasteiger partial charge on any atom is -0.469 e. The number of carbonyl (C=O) groups is 2. The summed E-state index contributed by atoms with van der Waals surface area (Å²) in [6.07, 6.45) is 1.18. The molecule has 1 aliphatic heterocycles. The maximum absolute atomic E-state index is 12.0. The number of esters is 1. The summed E-state index contributed by atoms with van der Waals surface area (Å²) in [7, 11) is -1.83. The Morgan fingerprint density at radius 2 is 1.81 bits per heavy atom. The summed E-state index contributed by atoms with van der Waals surface area (Å²) in [6.45, 7) is 3.27.